The molecule has 0 aliphatic carbocycles. The number of aromatic amines is 2. The molecule has 0 amide bonds. The number of nitrogens with one attached hydrogen (secondary N) is 2. The molecule has 1 aromatic carbocycles. The second-order valence-corrected chi connectivity index (χ2v) is 8.23. The minimum atomic E-state index is -0.264. The summed E-state index contributed by atoms with van der Waals surface area (Å²) in [6.45, 7) is 3.94. The van der Waals surface area contributed by atoms with Crippen molar-refractivity contribution in [3.63, 3.8) is 0 Å². The van der Waals surface area contributed by atoms with Crippen molar-refractivity contribution in [2.24, 2.45) is 0 Å². The summed E-state index contributed by atoms with van der Waals surface area (Å²) in [6, 6.07) is 11.1. The number of nitrogens with zero attached hydrogens (tertiary/aromatic N) is 4. The highest BCUT2D eigenvalue weighted by molar-refractivity contribution is 6.00. The standard InChI is InChI=1S/C26H19FN6/c1-14-5-16(7-18(27)6-14)22-12-29-13-24-19(22)9-23(31-24)25-20-8-17(10-30-26(20)33-32-25)21-11-28-4-3-15(21)2/h3-13,31H,1-2H3,(H,30,32,33). The average molecular weight is 434 g/mol. The Hall–Kier alpha value is -4.39. The van der Waals surface area contributed by atoms with Gasteiger partial charge in [0.1, 0.15) is 11.5 Å². The molecule has 6 rings (SSSR count). The van der Waals surface area contributed by atoms with Crippen molar-refractivity contribution in [1.82, 2.24) is 30.1 Å². The smallest absolute Gasteiger partial charge is 0.155 e. The summed E-state index contributed by atoms with van der Waals surface area (Å²) in [4.78, 5) is 16.6. The molecule has 0 radical (unpaired) electrons. The van der Waals surface area contributed by atoms with E-state index in [-0.39, 0.29) is 5.82 Å². The van der Waals surface area contributed by atoms with Gasteiger partial charge in [0.2, 0.25) is 0 Å². The Balaban J connectivity index is 1.52. The van der Waals surface area contributed by atoms with Gasteiger partial charge in [0.05, 0.1) is 17.4 Å². The second-order valence-electron chi connectivity index (χ2n) is 8.23. The number of pyridine rings is 3. The highest BCUT2D eigenvalue weighted by Gasteiger charge is 2.16. The molecule has 0 aliphatic heterocycles. The molecule has 0 saturated heterocycles. The van der Waals surface area contributed by atoms with Crippen LogP contribution in [0, 0.1) is 19.7 Å². The number of benzene rings is 1. The largest absolute Gasteiger partial charge is 0.352 e. The van der Waals surface area contributed by atoms with Gasteiger partial charge in [-0.1, -0.05) is 6.07 Å². The Labute approximate surface area is 188 Å². The van der Waals surface area contributed by atoms with E-state index in [1.54, 1.807) is 18.6 Å². The fourth-order valence-corrected chi connectivity index (χ4v) is 4.32. The zero-order chi connectivity index (χ0) is 22.5. The molecule has 0 bridgehead atoms. The van der Waals surface area contributed by atoms with Gasteiger partial charge < -0.3 is 4.98 Å². The molecule has 0 unspecified atom stereocenters. The number of aryl methyl sites for hydroxylation is 2. The van der Waals surface area contributed by atoms with E-state index in [4.69, 9.17) is 0 Å². The Bertz CT molecular complexity index is 1640. The summed E-state index contributed by atoms with van der Waals surface area (Å²) < 4.78 is 14.1. The number of hydrogen-bond acceptors (Lipinski definition) is 4. The van der Waals surface area contributed by atoms with Crippen LogP contribution in [0.25, 0.3) is 55.6 Å². The monoisotopic (exact) mass is 434 g/mol. The molecule has 0 atom stereocenters. The highest BCUT2D eigenvalue weighted by Crippen LogP contribution is 2.35. The molecule has 0 aliphatic rings. The number of rotatable bonds is 3. The lowest BCUT2D eigenvalue weighted by atomic mass is 10.0. The number of fused-ring (bicyclic) bond motifs is 2. The van der Waals surface area contributed by atoms with Crippen molar-refractivity contribution in [3.8, 4) is 33.6 Å². The maximum Gasteiger partial charge on any atom is 0.155 e. The first-order valence-corrected chi connectivity index (χ1v) is 10.6. The molecule has 7 heteroatoms. The van der Waals surface area contributed by atoms with Crippen LogP contribution >= 0.6 is 0 Å². The zero-order valence-corrected chi connectivity index (χ0v) is 18.0. The van der Waals surface area contributed by atoms with E-state index in [0.717, 1.165) is 61.1 Å². The van der Waals surface area contributed by atoms with Gasteiger partial charge in [-0.3, -0.25) is 15.1 Å². The topological polar surface area (TPSA) is 83.1 Å². The van der Waals surface area contributed by atoms with Crippen LogP contribution in [0.3, 0.4) is 0 Å². The predicted molar refractivity (Wildman–Crippen MR) is 127 cm³/mol. The van der Waals surface area contributed by atoms with Gasteiger partial charge in [-0.05, 0) is 60.9 Å². The molecule has 160 valence electrons. The number of hydrogen-bond donors (Lipinski definition) is 2. The third kappa shape index (κ3) is 3.25. The number of halogens is 1. The minimum absolute atomic E-state index is 0.264. The quantitative estimate of drug-likeness (QED) is 0.359. The summed E-state index contributed by atoms with van der Waals surface area (Å²) in [7, 11) is 0. The lowest BCUT2D eigenvalue weighted by molar-refractivity contribution is 0.627. The fraction of sp³-hybridized carbons (Fsp3) is 0.0769. The third-order valence-corrected chi connectivity index (χ3v) is 5.92. The average Bonchev–Trinajstić information content (AvgIpc) is 3.42. The summed E-state index contributed by atoms with van der Waals surface area (Å²) in [5.74, 6) is -0.264. The summed E-state index contributed by atoms with van der Waals surface area (Å²) >= 11 is 0. The maximum atomic E-state index is 14.1. The predicted octanol–water partition coefficient (Wildman–Crippen LogP) is 5.99. The van der Waals surface area contributed by atoms with Crippen LogP contribution < -0.4 is 0 Å². The molecule has 5 aromatic heterocycles. The third-order valence-electron chi connectivity index (χ3n) is 5.92. The van der Waals surface area contributed by atoms with E-state index >= 15 is 0 Å². The van der Waals surface area contributed by atoms with Crippen LogP contribution in [-0.2, 0) is 0 Å². The number of H-pyrrole nitrogens is 2. The molecule has 0 spiro atoms. The van der Waals surface area contributed by atoms with E-state index in [1.807, 2.05) is 37.5 Å². The van der Waals surface area contributed by atoms with Gasteiger partial charge in [-0.25, -0.2) is 9.37 Å². The second kappa shape index (κ2) is 7.34. The summed E-state index contributed by atoms with van der Waals surface area (Å²) in [5.41, 5.74) is 8.80. The van der Waals surface area contributed by atoms with E-state index < -0.39 is 0 Å². The molecule has 6 aromatic rings. The maximum absolute atomic E-state index is 14.1. The van der Waals surface area contributed by atoms with Crippen LogP contribution in [0.2, 0.25) is 0 Å². The Morgan fingerprint density at radius 2 is 1.70 bits per heavy atom. The molecule has 33 heavy (non-hydrogen) atoms. The van der Waals surface area contributed by atoms with Crippen molar-refractivity contribution in [2.45, 2.75) is 13.8 Å². The van der Waals surface area contributed by atoms with E-state index in [1.165, 1.54) is 12.1 Å². The highest BCUT2D eigenvalue weighted by atomic mass is 19.1. The molecule has 5 heterocycles. The first-order valence-electron chi connectivity index (χ1n) is 10.6. The first-order chi connectivity index (χ1) is 16.1. The van der Waals surface area contributed by atoms with E-state index in [9.17, 15) is 4.39 Å². The van der Waals surface area contributed by atoms with Gasteiger partial charge >= 0.3 is 0 Å². The Kier molecular flexibility index (Phi) is 4.29. The van der Waals surface area contributed by atoms with Crippen LogP contribution in [-0.4, -0.2) is 30.1 Å². The van der Waals surface area contributed by atoms with Gasteiger partial charge in [0.25, 0.3) is 0 Å². The van der Waals surface area contributed by atoms with Crippen LogP contribution in [0.4, 0.5) is 4.39 Å². The first kappa shape index (κ1) is 19.3. The van der Waals surface area contributed by atoms with Gasteiger partial charge in [-0.2, -0.15) is 5.10 Å². The van der Waals surface area contributed by atoms with Crippen molar-refractivity contribution in [1.29, 1.82) is 0 Å². The molecule has 6 nitrogen and oxygen atoms in total. The SMILES string of the molecule is Cc1cc(F)cc(-c2cncc3[nH]c(-c4n[nH]c5ncc(-c6cnccc6C)cc45)cc23)c1. The van der Waals surface area contributed by atoms with E-state index in [2.05, 4.69) is 43.1 Å². The lowest BCUT2D eigenvalue weighted by Crippen LogP contribution is -1.87. The Morgan fingerprint density at radius 3 is 2.55 bits per heavy atom. The molecular formula is C26H19FN6. The van der Waals surface area contributed by atoms with Crippen molar-refractivity contribution in [2.75, 3.05) is 0 Å². The number of aromatic nitrogens is 6. The molecule has 0 fully saturated rings. The lowest BCUT2D eigenvalue weighted by Gasteiger charge is -2.05. The van der Waals surface area contributed by atoms with Crippen molar-refractivity contribution in [3.05, 3.63) is 84.3 Å². The van der Waals surface area contributed by atoms with Crippen molar-refractivity contribution < 1.29 is 4.39 Å². The van der Waals surface area contributed by atoms with Crippen LogP contribution in [0.1, 0.15) is 11.1 Å². The fourth-order valence-electron chi connectivity index (χ4n) is 4.32. The molecular weight excluding hydrogens is 415 g/mol. The van der Waals surface area contributed by atoms with Crippen LogP contribution in [0.15, 0.2) is 67.4 Å². The summed E-state index contributed by atoms with van der Waals surface area (Å²) in [6.07, 6.45) is 8.99. The molecule has 0 saturated carbocycles. The zero-order valence-electron chi connectivity index (χ0n) is 18.0. The van der Waals surface area contributed by atoms with Crippen molar-refractivity contribution >= 4 is 21.9 Å². The minimum Gasteiger partial charge on any atom is -0.352 e. The van der Waals surface area contributed by atoms with Gasteiger partial charge in [0.15, 0.2) is 5.65 Å². The normalized spacial score (nSPS) is 11.5. The van der Waals surface area contributed by atoms with Gasteiger partial charge in [-0.15, -0.1) is 0 Å². The van der Waals surface area contributed by atoms with E-state index in [0.29, 0.717) is 5.65 Å². The summed E-state index contributed by atoms with van der Waals surface area (Å²) in [5, 5.41) is 9.41. The Morgan fingerprint density at radius 1 is 0.818 bits per heavy atom. The van der Waals surface area contributed by atoms with Crippen LogP contribution in [0.5, 0.6) is 0 Å². The molecule has 2 N–H and O–H groups in total. The van der Waals surface area contributed by atoms with Gasteiger partial charge in [0, 0.05) is 52.3 Å².